The second-order valence-corrected chi connectivity index (χ2v) is 9.52. The van der Waals surface area contributed by atoms with E-state index in [0.29, 0.717) is 23.1 Å². The van der Waals surface area contributed by atoms with Crippen LogP contribution in [0.2, 0.25) is 5.02 Å². The fourth-order valence-corrected chi connectivity index (χ4v) is 4.90. The van der Waals surface area contributed by atoms with E-state index in [4.69, 9.17) is 16.3 Å². The smallest absolute Gasteiger partial charge is 0.228 e. The van der Waals surface area contributed by atoms with Crippen molar-refractivity contribution in [3.05, 3.63) is 124 Å². The number of rotatable bonds is 9. The van der Waals surface area contributed by atoms with Crippen LogP contribution in [0.25, 0.3) is 0 Å². The van der Waals surface area contributed by atoms with Crippen LogP contribution in [0.1, 0.15) is 22.3 Å². The lowest BCUT2D eigenvalue weighted by Crippen LogP contribution is -2.15. The van der Waals surface area contributed by atoms with Gasteiger partial charge in [-0.2, -0.15) is 0 Å². The first kappa shape index (κ1) is 24.8. The van der Waals surface area contributed by atoms with Crippen molar-refractivity contribution in [1.82, 2.24) is 0 Å². The molecule has 0 spiro atoms. The molecule has 0 aliphatic carbocycles. The number of nitrogens with one attached hydrogen (secondary N) is 1. The maximum Gasteiger partial charge on any atom is 0.228 e. The molecule has 0 radical (unpaired) electrons. The first-order valence-corrected chi connectivity index (χ1v) is 12.6. The zero-order valence-electron chi connectivity index (χ0n) is 19.3. The van der Waals surface area contributed by atoms with Gasteiger partial charge < -0.3 is 10.1 Å². The first-order valence-electron chi connectivity index (χ1n) is 11.2. The molecule has 0 aromatic heterocycles. The molecule has 6 heteroatoms. The van der Waals surface area contributed by atoms with Crippen LogP contribution < -0.4 is 10.1 Å². The zero-order valence-corrected chi connectivity index (χ0v) is 20.8. The minimum Gasteiger partial charge on any atom is -0.489 e. The van der Waals surface area contributed by atoms with E-state index in [1.54, 1.807) is 30.0 Å². The summed E-state index contributed by atoms with van der Waals surface area (Å²) in [5, 5.41) is 3.59. The quantitative estimate of drug-likeness (QED) is 0.235. The highest BCUT2D eigenvalue weighted by Crippen LogP contribution is 2.30. The van der Waals surface area contributed by atoms with Crippen molar-refractivity contribution in [3.8, 4) is 5.75 Å². The van der Waals surface area contributed by atoms with Gasteiger partial charge in [-0.3, -0.25) is 4.79 Å². The van der Waals surface area contributed by atoms with Crippen molar-refractivity contribution in [2.75, 3.05) is 5.32 Å². The summed E-state index contributed by atoms with van der Waals surface area (Å²) in [6.07, 6.45) is 0.202. The van der Waals surface area contributed by atoms with Gasteiger partial charge >= 0.3 is 0 Å². The number of anilines is 1. The Labute approximate surface area is 214 Å². The molecule has 1 amide bonds. The van der Waals surface area contributed by atoms with Gasteiger partial charge in [0.15, 0.2) is 0 Å². The lowest BCUT2D eigenvalue weighted by Gasteiger charge is -2.14. The molecular formula is C29H25ClFNO2S. The Balaban J connectivity index is 1.50. The summed E-state index contributed by atoms with van der Waals surface area (Å²) in [5.74, 6) is 0.942. The van der Waals surface area contributed by atoms with Crippen LogP contribution in [-0.2, 0) is 23.6 Å². The van der Waals surface area contributed by atoms with Gasteiger partial charge in [0.2, 0.25) is 5.91 Å². The summed E-state index contributed by atoms with van der Waals surface area (Å²) in [7, 11) is 0. The largest absolute Gasteiger partial charge is 0.489 e. The van der Waals surface area contributed by atoms with Gasteiger partial charge in [0.05, 0.1) is 6.42 Å². The molecule has 0 bridgehead atoms. The Morgan fingerprint density at radius 3 is 2.49 bits per heavy atom. The average Bonchev–Trinajstić information content (AvgIpc) is 2.86. The van der Waals surface area contributed by atoms with E-state index >= 15 is 0 Å². The van der Waals surface area contributed by atoms with Gasteiger partial charge in [-0.25, -0.2) is 4.39 Å². The zero-order chi connectivity index (χ0) is 24.6. The molecule has 0 atom stereocenters. The molecule has 0 heterocycles. The third-order valence-corrected chi connectivity index (χ3v) is 7.01. The van der Waals surface area contributed by atoms with E-state index in [2.05, 4.69) is 17.4 Å². The molecule has 0 saturated heterocycles. The van der Waals surface area contributed by atoms with E-state index in [1.165, 1.54) is 17.7 Å². The molecule has 0 aliphatic rings. The van der Waals surface area contributed by atoms with Crippen LogP contribution in [0.5, 0.6) is 5.75 Å². The molecule has 4 rings (SSSR count). The first-order chi connectivity index (χ1) is 17.0. The van der Waals surface area contributed by atoms with Crippen molar-refractivity contribution < 1.29 is 13.9 Å². The van der Waals surface area contributed by atoms with Gasteiger partial charge in [-0.15, -0.1) is 11.8 Å². The average molecular weight is 506 g/mol. The van der Waals surface area contributed by atoms with Gasteiger partial charge in [0.25, 0.3) is 0 Å². The van der Waals surface area contributed by atoms with E-state index in [0.717, 1.165) is 27.3 Å². The van der Waals surface area contributed by atoms with Crippen molar-refractivity contribution in [3.63, 3.8) is 0 Å². The molecule has 0 unspecified atom stereocenters. The number of thioether (sulfide) groups is 1. The van der Waals surface area contributed by atoms with Crippen molar-refractivity contribution in [2.45, 2.75) is 30.6 Å². The predicted octanol–water partition coefficient (Wildman–Crippen LogP) is 7.84. The van der Waals surface area contributed by atoms with Crippen molar-refractivity contribution >= 4 is 35.0 Å². The van der Waals surface area contributed by atoms with E-state index in [1.807, 2.05) is 55.5 Å². The number of amides is 1. The van der Waals surface area contributed by atoms with Crippen LogP contribution >= 0.6 is 23.4 Å². The molecule has 1 N–H and O–H groups in total. The monoisotopic (exact) mass is 505 g/mol. The molecular weight excluding hydrogens is 481 g/mol. The molecule has 0 aliphatic heterocycles. The minimum absolute atomic E-state index is 0.129. The number of hydrogen-bond donors (Lipinski definition) is 1. The number of carbonyl (C=O) groups is 1. The summed E-state index contributed by atoms with van der Waals surface area (Å²) >= 11 is 7.97. The topological polar surface area (TPSA) is 38.3 Å². The number of carbonyl (C=O) groups excluding carboxylic acids is 1. The van der Waals surface area contributed by atoms with Crippen molar-refractivity contribution in [2.24, 2.45) is 0 Å². The number of hydrogen-bond acceptors (Lipinski definition) is 3. The highest BCUT2D eigenvalue weighted by atomic mass is 35.5. The maximum atomic E-state index is 13.2. The van der Waals surface area contributed by atoms with Gasteiger partial charge in [0, 0.05) is 26.9 Å². The fraction of sp³-hybridized carbons (Fsp3) is 0.138. The normalized spacial score (nSPS) is 10.7. The Hall–Kier alpha value is -3.28. The van der Waals surface area contributed by atoms with E-state index in [-0.39, 0.29) is 18.1 Å². The molecule has 0 fully saturated rings. The summed E-state index contributed by atoms with van der Waals surface area (Å²) in [6, 6.07) is 27.6. The second-order valence-electron chi connectivity index (χ2n) is 8.10. The minimum atomic E-state index is -0.302. The Kier molecular flexibility index (Phi) is 8.45. The van der Waals surface area contributed by atoms with Crippen molar-refractivity contribution in [1.29, 1.82) is 0 Å². The van der Waals surface area contributed by atoms with Crippen LogP contribution in [0.15, 0.2) is 95.9 Å². The summed E-state index contributed by atoms with van der Waals surface area (Å²) in [6.45, 7) is 2.28. The summed E-state index contributed by atoms with van der Waals surface area (Å²) in [4.78, 5) is 13.8. The third kappa shape index (κ3) is 7.10. The van der Waals surface area contributed by atoms with Gasteiger partial charge in [0.1, 0.15) is 18.2 Å². The molecule has 4 aromatic carbocycles. The highest BCUT2D eigenvalue weighted by molar-refractivity contribution is 7.98. The van der Waals surface area contributed by atoms with Crippen LogP contribution in [0.3, 0.4) is 0 Å². The summed E-state index contributed by atoms with van der Waals surface area (Å²) < 4.78 is 19.1. The highest BCUT2D eigenvalue weighted by Gasteiger charge is 2.12. The number of aryl methyl sites for hydroxylation is 1. The Bertz CT molecular complexity index is 1280. The number of ether oxygens (including phenoxy) is 1. The third-order valence-electron chi connectivity index (χ3n) is 5.49. The Morgan fingerprint density at radius 1 is 0.971 bits per heavy atom. The predicted molar refractivity (Wildman–Crippen MR) is 142 cm³/mol. The number of benzene rings is 4. The van der Waals surface area contributed by atoms with Gasteiger partial charge in [-0.05, 0) is 66.1 Å². The molecule has 3 nitrogen and oxygen atoms in total. The number of halogens is 2. The molecule has 178 valence electrons. The Morgan fingerprint density at radius 2 is 1.74 bits per heavy atom. The standard InChI is InChI=1S/C29H25ClFNO2S/c1-20-6-5-9-27(30)26(20)17-29(33)32-24-13-10-22(18-34-25-14-11-23(31)12-15-25)28(16-24)35-19-21-7-3-2-4-8-21/h2-16H,17-19H2,1H3,(H,32,33). The van der Waals surface area contributed by atoms with Crippen LogP contribution in [-0.4, -0.2) is 5.91 Å². The van der Waals surface area contributed by atoms with Gasteiger partial charge in [-0.1, -0.05) is 60.1 Å². The van der Waals surface area contributed by atoms with Crippen LogP contribution in [0, 0.1) is 12.7 Å². The SMILES string of the molecule is Cc1cccc(Cl)c1CC(=O)Nc1ccc(COc2ccc(F)cc2)c(SCc2ccccc2)c1. The summed E-state index contributed by atoms with van der Waals surface area (Å²) in [5.41, 5.74) is 4.71. The fourth-order valence-electron chi connectivity index (χ4n) is 3.57. The van der Waals surface area contributed by atoms with E-state index in [9.17, 15) is 9.18 Å². The van der Waals surface area contributed by atoms with Crippen LogP contribution in [0.4, 0.5) is 10.1 Å². The lowest BCUT2D eigenvalue weighted by atomic mass is 10.1. The molecule has 0 saturated carbocycles. The molecule has 35 heavy (non-hydrogen) atoms. The second kappa shape index (κ2) is 11.9. The maximum absolute atomic E-state index is 13.2. The molecule has 4 aromatic rings. The van der Waals surface area contributed by atoms with E-state index < -0.39 is 0 Å². The lowest BCUT2D eigenvalue weighted by molar-refractivity contribution is -0.115.